The van der Waals surface area contributed by atoms with Crippen LogP contribution in [0, 0.1) is 5.92 Å². The lowest BCUT2D eigenvalue weighted by Gasteiger charge is -2.25. The maximum absolute atomic E-state index is 10.4. The molecule has 1 saturated heterocycles. The van der Waals surface area contributed by atoms with E-state index in [1.165, 1.54) is 0 Å². The van der Waals surface area contributed by atoms with Gasteiger partial charge >= 0.3 is 0 Å². The van der Waals surface area contributed by atoms with E-state index in [9.17, 15) is 4.79 Å². The lowest BCUT2D eigenvalue weighted by molar-refractivity contribution is -0.118. The second kappa shape index (κ2) is 3.85. The van der Waals surface area contributed by atoms with Crippen LogP contribution < -0.4 is 5.32 Å². The van der Waals surface area contributed by atoms with Crippen molar-refractivity contribution in [3.05, 3.63) is 0 Å². The number of Topliss-reactive ketones (excluding diaryl/α,β-unsaturated/α-hetero) is 1. The van der Waals surface area contributed by atoms with E-state index in [1.807, 2.05) is 0 Å². The normalized spacial score (nSPS) is 17.9. The molecule has 0 saturated carbocycles. The second-order valence-electron chi connectivity index (χ2n) is 2.43. The zero-order valence-corrected chi connectivity index (χ0v) is 6.33. The predicted octanol–water partition coefficient (Wildman–Crippen LogP) is 0.607. The first-order valence-electron chi connectivity index (χ1n) is 2.99. The average Bonchev–Trinajstić information content (AvgIpc) is 1.55. The highest BCUT2D eigenvalue weighted by atomic mass is 35.5. The van der Waals surface area contributed by atoms with E-state index in [0.717, 1.165) is 19.5 Å². The largest absolute Gasteiger partial charge is 0.316 e. The monoisotopic (exact) mass is 149 g/mol. The smallest absolute Gasteiger partial charge is 0.130 e. The standard InChI is InChI=1S/C6H11NO.ClH/c1-5(8)2-6-3-7-4-6;/h6-7H,2-4H2,1H3;1H. The van der Waals surface area contributed by atoms with E-state index in [0.29, 0.717) is 11.7 Å². The Labute approximate surface area is 61.4 Å². The third-order valence-corrected chi connectivity index (χ3v) is 1.44. The molecule has 1 rings (SSSR count). The van der Waals surface area contributed by atoms with E-state index in [4.69, 9.17) is 0 Å². The maximum atomic E-state index is 10.4. The summed E-state index contributed by atoms with van der Waals surface area (Å²) in [4.78, 5) is 10.4. The van der Waals surface area contributed by atoms with Crippen LogP contribution in [-0.4, -0.2) is 18.9 Å². The molecular weight excluding hydrogens is 138 g/mol. The molecule has 1 fully saturated rings. The molecule has 0 aliphatic carbocycles. The van der Waals surface area contributed by atoms with Gasteiger partial charge in [-0.3, -0.25) is 0 Å². The van der Waals surface area contributed by atoms with Crippen molar-refractivity contribution < 1.29 is 4.79 Å². The number of hydrogen-bond donors (Lipinski definition) is 1. The van der Waals surface area contributed by atoms with E-state index < -0.39 is 0 Å². The van der Waals surface area contributed by atoms with Gasteiger partial charge < -0.3 is 10.1 Å². The molecule has 1 heterocycles. The second-order valence-corrected chi connectivity index (χ2v) is 2.43. The van der Waals surface area contributed by atoms with Gasteiger partial charge in [-0.25, -0.2) is 0 Å². The molecule has 0 aromatic carbocycles. The predicted molar refractivity (Wildman–Crippen MR) is 38.9 cm³/mol. The van der Waals surface area contributed by atoms with Crippen molar-refractivity contribution in [1.82, 2.24) is 5.32 Å². The topological polar surface area (TPSA) is 29.1 Å². The number of nitrogens with one attached hydrogen (secondary N) is 1. The van der Waals surface area contributed by atoms with Crippen molar-refractivity contribution >= 4 is 18.2 Å². The van der Waals surface area contributed by atoms with Gasteiger partial charge in [-0.15, -0.1) is 12.4 Å². The Bertz CT molecular complexity index is 101. The summed E-state index contributed by atoms with van der Waals surface area (Å²) in [6, 6.07) is 0. The molecule has 3 heteroatoms. The Morgan fingerprint density at radius 3 is 2.33 bits per heavy atom. The summed E-state index contributed by atoms with van der Waals surface area (Å²) in [6.07, 6.45) is 0.771. The molecule has 0 aromatic rings. The van der Waals surface area contributed by atoms with Crippen molar-refractivity contribution in [1.29, 1.82) is 0 Å². The van der Waals surface area contributed by atoms with Gasteiger partial charge in [-0.2, -0.15) is 0 Å². The van der Waals surface area contributed by atoms with Gasteiger partial charge in [0.05, 0.1) is 0 Å². The number of halogens is 1. The zero-order valence-electron chi connectivity index (χ0n) is 5.52. The molecule has 1 aliphatic rings. The lowest BCUT2D eigenvalue weighted by Crippen LogP contribution is -2.42. The summed E-state index contributed by atoms with van der Waals surface area (Å²) < 4.78 is 0. The van der Waals surface area contributed by atoms with Crippen LogP contribution in [0.1, 0.15) is 13.3 Å². The van der Waals surface area contributed by atoms with Crippen molar-refractivity contribution in [2.75, 3.05) is 13.1 Å². The summed E-state index contributed by atoms with van der Waals surface area (Å²) >= 11 is 0. The Kier molecular flexibility index (Phi) is 3.82. The fourth-order valence-corrected chi connectivity index (χ4v) is 0.899. The van der Waals surface area contributed by atoms with Crippen LogP contribution >= 0.6 is 12.4 Å². The first kappa shape index (κ1) is 8.92. The molecule has 0 radical (unpaired) electrons. The molecule has 1 N–H and O–H groups in total. The highest BCUT2D eigenvalue weighted by Crippen LogP contribution is 2.07. The van der Waals surface area contributed by atoms with Gasteiger partial charge in [0.25, 0.3) is 0 Å². The molecular formula is C6H12ClNO. The number of ketones is 1. The van der Waals surface area contributed by atoms with Gasteiger partial charge in [-0.1, -0.05) is 0 Å². The van der Waals surface area contributed by atoms with Crippen LogP contribution in [0.3, 0.4) is 0 Å². The molecule has 0 aromatic heterocycles. The van der Waals surface area contributed by atoms with Crippen LogP contribution in [0.2, 0.25) is 0 Å². The minimum absolute atomic E-state index is 0. The molecule has 2 nitrogen and oxygen atoms in total. The van der Waals surface area contributed by atoms with E-state index in [1.54, 1.807) is 6.92 Å². The van der Waals surface area contributed by atoms with Gasteiger partial charge in [-0.05, 0) is 25.9 Å². The average molecular weight is 150 g/mol. The fraction of sp³-hybridized carbons (Fsp3) is 0.833. The first-order chi connectivity index (χ1) is 3.79. The molecule has 9 heavy (non-hydrogen) atoms. The summed E-state index contributed by atoms with van der Waals surface area (Å²) in [5, 5.41) is 3.11. The molecule has 1 aliphatic heterocycles. The maximum Gasteiger partial charge on any atom is 0.130 e. The van der Waals surface area contributed by atoms with Crippen LogP contribution in [0.25, 0.3) is 0 Å². The first-order valence-corrected chi connectivity index (χ1v) is 2.99. The van der Waals surface area contributed by atoms with E-state index >= 15 is 0 Å². The van der Waals surface area contributed by atoms with Crippen LogP contribution in [0.4, 0.5) is 0 Å². The Hall–Kier alpha value is -0.0800. The third kappa shape index (κ3) is 2.82. The summed E-state index contributed by atoms with van der Waals surface area (Å²) in [7, 11) is 0. The van der Waals surface area contributed by atoms with Crippen molar-refractivity contribution in [2.45, 2.75) is 13.3 Å². The molecule has 54 valence electrons. The minimum atomic E-state index is 0. The molecule has 0 bridgehead atoms. The Balaban J connectivity index is 0.000000640. The zero-order chi connectivity index (χ0) is 5.98. The van der Waals surface area contributed by atoms with Crippen LogP contribution in [0.15, 0.2) is 0 Å². The van der Waals surface area contributed by atoms with E-state index in [2.05, 4.69) is 5.32 Å². The minimum Gasteiger partial charge on any atom is -0.316 e. The summed E-state index contributed by atoms with van der Waals surface area (Å²) in [6.45, 7) is 3.73. The van der Waals surface area contributed by atoms with Crippen molar-refractivity contribution in [2.24, 2.45) is 5.92 Å². The SMILES string of the molecule is CC(=O)CC1CNC1.Cl. The molecule has 0 unspecified atom stereocenters. The van der Waals surface area contributed by atoms with Gasteiger partial charge in [0, 0.05) is 6.42 Å². The highest BCUT2D eigenvalue weighted by molar-refractivity contribution is 5.85. The molecule has 0 atom stereocenters. The number of carbonyl (C=O) groups excluding carboxylic acids is 1. The number of rotatable bonds is 2. The summed E-state index contributed by atoms with van der Waals surface area (Å²) in [5.41, 5.74) is 0. The highest BCUT2D eigenvalue weighted by Gasteiger charge is 2.17. The Morgan fingerprint density at radius 1 is 1.67 bits per heavy atom. The number of hydrogen-bond acceptors (Lipinski definition) is 2. The lowest BCUT2D eigenvalue weighted by atomic mass is 9.98. The third-order valence-electron chi connectivity index (χ3n) is 1.44. The van der Waals surface area contributed by atoms with Gasteiger partial charge in [0.2, 0.25) is 0 Å². The van der Waals surface area contributed by atoms with Crippen molar-refractivity contribution in [3.63, 3.8) is 0 Å². The van der Waals surface area contributed by atoms with Crippen molar-refractivity contribution in [3.8, 4) is 0 Å². The number of carbonyl (C=O) groups is 1. The van der Waals surface area contributed by atoms with Crippen LogP contribution in [-0.2, 0) is 4.79 Å². The molecule has 0 amide bonds. The van der Waals surface area contributed by atoms with E-state index in [-0.39, 0.29) is 12.4 Å². The fourth-order valence-electron chi connectivity index (χ4n) is 0.899. The van der Waals surface area contributed by atoms with Gasteiger partial charge in [0.1, 0.15) is 5.78 Å². The summed E-state index contributed by atoms with van der Waals surface area (Å²) in [5.74, 6) is 0.962. The molecule has 0 spiro atoms. The van der Waals surface area contributed by atoms with Crippen LogP contribution in [0.5, 0.6) is 0 Å². The Morgan fingerprint density at radius 2 is 2.22 bits per heavy atom. The quantitative estimate of drug-likeness (QED) is 0.624. The van der Waals surface area contributed by atoms with Gasteiger partial charge in [0.15, 0.2) is 0 Å².